The first-order valence-corrected chi connectivity index (χ1v) is 9.09. The predicted octanol–water partition coefficient (Wildman–Crippen LogP) is 3.66. The molecule has 1 heterocycles. The maximum Gasteiger partial charge on any atom is 0.331 e. The SMILES string of the molecule is Cc1cccc(NC(=O)[C@@H](C)OC(=O)/C=C/c2ccc3c(c2)OCCO3)c1C. The van der Waals surface area contributed by atoms with Crippen LogP contribution in [0.4, 0.5) is 5.69 Å². The molecule has 6 heteroatoms. The van der Waals surface area contributed by atoms with Crippen LogP contribution in [0.25, 0.3) is 6.08 Å². The third-order valence-corrected chi connectivity index (χ3v) is 4.50. The molecule has 28 heavy (non-hydrogen) atoms. The Hall–Kier alpha value is -3.28. The van der Waals surface area contributed by atoms with E-state index in [0.29, 0.717) is 30.4 Å². The zero-order chi connectivity index (χ0) is 20.1. The number of carbonyl (C=O) groups is 2. The van der Waals surface area contributed by atoms with Gasteiger partial charge in [-0.05, 0) is 61.7 Å². The van der Waals surface area contributed by atoms with Crippen LogP contribution in [0, 0.1) is 13.8 Å². The van der Waals surface area contributed by atoms with E-state index in [1.54, 1.807) is 18.2 Å². The van der Waals surface area contributed by atoms with E-state index in [-0.39, 0.29) is 5.91 Å². The highest BCUT2D eigenvalue weighted by Gasteiger charge is 2.18. The Balaban J connectivity index is 1.57. The highest BCUT2D eigenvalue weighted by Crippen LogP contribution is 2.31. The van der Waals surface area contributed by atoms with Crippen LogP contribution in [0.2, 0.25) is 0 Å². The quantitative estimate of drug-likeness (QED) is 0.632. The normalized spacial score (nSPS) is 13.8. The minimum absolute atomic E-state index is 0.380. The molecular formula is C22H23NO5. The van der Waals surface area contributed by atoms with Gasteiger partial charge in [0, 0.05) is 11.8 Å². The van der Waals surface area contributed by atoms with Gasteiger partial charge in [0.05, 0.1) is 0 Å². The maximum absolute atomic E-state index is 12.3. The average molecular weight is 381 g/mol. The van der Waals surface area contributed by atoms with Crippen molar-refractivity contribution in [2.24, 2.45) is 0 Å². The van der Waals surface area contributed by atoms with Crippen molar-refractivity contribution in [1.82, 2.24) is 0 Å². The molecule has 0 aromatic heterocycles. The Morgan fingerprint density at radius 1 is 1.11 bits per heavy atom. The smallest absolute Gasteiger partial charge is 0.331 e. The van der Waals surface area contributed by atoms with Crippen LogP contribution < -0.4 is 14.8 Å². The Morgan fingerprint density at radius 2 is 1.86 bits per heavy atom. The van der Waals surface area contributed by atoms with E-state index in [0.717, 1.165) is 16.7 Å². The standard InChI is InChI=1S/C22H23NO5/c1-14-5-4-6-18(15(14)2)23-22(25)16(3)28-21(24)10-8-17-7-9-19-20(13-17)27-12-11-26-19/h4-10,13,16H,11-12H2,1-3H3,(H,23,25)/b10-8+/t16-/m1/s1. The zero-order valence-electron chi connectivity index (χ0n) is 16.2. The molecule has 1 atom stereocenters. The van der Waals surface area contributed by atoms with Crippen LogP contribution in [0.3, 0.4) is 0 Å². The molecule has 0 saturated heterocycles. The van der Waals surface area contributed by atoms with E-state index in [2.05, 4.69) is 5.32 Å². The predicted molar refractivity (Wildman–Crippen MR) is 107 cm³/mol. The lowest BCUT2D eigenvalue weighted by atomic mass is 10.1. The van der Waals surface area contributed by atoms with Crippen molar-refractivity contribution < 1.29 is 23.8 Å². The van der Waals surface area contributed by atoms with Gasteiger partial charge in [-0.2, -0.15) is 0 Å². The highest BCUT2D eigenvalue weighted by atomic mass is 16.6. The number of ether oxygens (including phenoxy) is 3. The number of amides is 1. The molecule has 0 fully saturated rings. The lowest BCUT2D eigenvalue weighted by Gasteiger charge is -2.18. The Bertz CT molecular complexity index is 919. The van der Waals surface area contributed by atoms with Gasteiger partial charge >= 0.3 is 5.97 Å². The first kappa shape index (κ1) is 19.5. The summed E-state index contributed by atoms with van der Waals surface area (Å²) in [6.45, 7) is 6.46. The molecule has 6 nitrogen and oxygen atoms in total. The molecular weight excluding hydrogens is 358 g/mol. The molecule has 1 N–H and O–H groups in total. The molecule has 0 unspecified atom stereocenters. The molecule has 146 valence electrons. The number of hydrogen-bond acceptors (Lipinski definition) is 5. The number of aryl methyl sites for hydroxylation is 1. The second-order valence-corrected chi connectivity index (χ2v) is 6.55. The lowest BCUT2D eigenvalue weighted by molar-refractivity contribution is -0.148. The van der Waals surface area contributed by atoms with Crippen molar-refractivity contribution in [3.8, 4) is 11.5 Å². The summed E-state index contributed by atoms with van der Waals surface area (Å²) in [6.07, 6.45) is 1.97. The third kappa shape index (κ3) is 4.71. The summed E-state index contributed by atoms with van der Waals surface area (Å²) < 4.78 is 16.2. The fourth-order valence-corrected chi connectivity index (χ4v) is 2.72. The number of esters is 1. The minimum atomic E-state index is -0.919. The van der Waals surface area contributed by atoms with Gasteiger partial charge in [-0.25, -0.2) is 4.79 Å². The van der Waals surface area contributed by atoms with E-state index >= 15 is 0 Å². The third-order valence-electron chi connectivity index (χ3n) is 4.50. The topological polar surface area (TPSA) is 73.9 Å². The number of hydrogen-bond donors (Lipinski definition) is 1. The van der Waals surface area contributed by atoms with Crippen molar-refractivity contribution in [3.63, 3.8) is 0 Å². The molecule has 0 bridgehead atoms. The Morgan fingerprint density at radius 3 is 2.64 bits per heavy atom. The lowest BCUT2D eigenvalue weighted by Crippen LogP contribution is -2.29. The van der Waals surface area contributed by atoms with Gasteiger partial charge < -0.3 is 19.5 Å². The summed E-state index contributed by atoms with van der Waals surface area (Å²) in [5.41, 5.74) is 3.53. The van der Waals surface area contributed by atoms with Crippen LogP contribution in [0.15, 0.2) is 42.5 Å². The summed E-state index contributed by atoms with van der Waals surface area (Å²) in [7, 11) is 0. The number of carbonyl (C=O) groups excluding carboxylic acids is 2. The minimum Gasteiger partial charge on any atom is -0.486 e. The monoisotopic (exact) mass is 381 g/mol. The van der Waals surface area contributed by atoms with Gasteiger partial charge in [0.2, 0.25) is 0 Å². The second kappa shape index (κ2) is 8.61. The number of anilines is 1. The first-order chi connectivity index (χ1) is 13.4. The van der Waals surface area contributed by atoms with Gasteiger partial charge in [-0.3, -0.25) is 4.79 Å². The highest BCUT2D eigenvalue weighted by molar-refractivity contribution is 5.97. The van der Waals surface area contributed by atoms with Crippen molar-refractivity contribution in [2.75, 3.05) is 18.5 Å². The summed E-state index contributed by atoms with van der Waals surface area (Å²) >= 11 is 0. The molecule has 2 aromatic carbocycles. The molecule has 2 aromatic rings. The van der Waals surface area contributed by atoms with E-state index in [4.69, 9.17) is 14.2 Å². The van der Waals surface area contributed by atoms with Crippen LogP contribution in [-0.2, 0) is 14.3 Å². The van der Waals surface area contributed by atoms with E-state index < -0.39 is 12.1 Å². The summed E-state index contributed by atoms with van der Waals surface area (Å²) in [6, 6.07) is 11.0. The number of rotatable bonds is 5. The molecule has 0 spiro atoms. The van der Waals surface area contributed by atoms with Gasteiger partial charge in [0.1, 0.15) is 13.2 Å². The van der Waals surface area contributed by atoms with Crippen molar-refractivity contribution in [1.29, 1.82) is 0 Å². The number of fused-ring (bicyclic) bond motifs is 1. The second-order valence-electron chi connectivity index (χ2n) is 6.55. The number of nitrogens with one attached hydrogen (secondary N) is 1. The van der Waals surface area contributed by atoms with Crippen LogP contribution in [0.5, 0.6) is 11.5 Å². The van der Waals surface area contributed by atoms with Gasteiger partial charge in [0.15, 0.2) is 17.6 Å². The van der Waals surface area contributed by atoms with Crippen LogP contribution >= 0.6 is 0 Å². The molecule has 1 amide bonds. The van der Waals surface area contributed by atoms with Gasteiger partial charge in [-0.1, -0.05) is 18.2 Å². The molecule has 1 aliphatic heterocycles. The Labute approximate surface area is 164 Å². The van der Waals surface area contributed by atoms with E-state index in [9.17, 15) is 9.59 Å². The maximum atomic E-state index is 12.3. The molecule has 0 aliphatic carbocycles. The molecule has 0 radical (unpaired) electrons. The van der Waals surface area contributed by atoms with Gasteiger partial charge in [0.25, 0.3) is 5.91 Å². The Kier molecular flexibility index (Phi) is 5.99. The molecule has 3 rings (SSSR count). The molecule has 0 saturated carbocycles. The van der Waals surface area contributed by atoms with Crippen molar-refractivity contribution >= 4 is 23.6 Å². The van der Waals surface area contributed by atoms with Crippen LogP contribution in [0.1, 0.15) is 23.6 Å². The largest absolute Gasteiger partial charge is 0.486 e. The summed E-state index contributed by atoms with van der Waals surface area (Å²) in [4.78, 5) is 24.4. The van der Waals surface area contributed by atoms with Crippen LogP contribution in [-0.4, -0.2) is 31.2 Å². The van der Waals surface area contributed by atoms with E-state index in [1.807, 2.05) is 38.1 Å². The number of benzene rings is 2. The average Bonchev–Trinajstić information content (AvgIpc) is 2.69. The molecule has 1 aliphatic rings. The first-order valence-electron chi connectivity index (χ1n) is 9.09. The summed E-state index contributed by atoms with van der Waals surface area (Å²) in [5, 5.41) is 2.79. The fourth-order valence-electron chi connectivity index (χ4n) is 2.72. The van der Waals surface area contributed by atoms with Crippen molar-refractivity contribution in [2.45, 2.75) is 26.9 Å². The van der Waals surface area contributed by atoms with E-state index in [1.165, 1.54) is 13.0 Å². The van der Waals surface area contributed by atoms with Gasteiger partial charge in [-0.15, -0.1) is 0 Å². The van der Waals surface area contributed by atoms with Crippen molar-refractivity contribution in [3.05, 3.63) is 59.2 Å². The summed E-state index contributed by atoms with van der Waals surface area (Å²) in [5.74, 6) is 0.346. The fraction of sp³-hybridized carbons (Fsp3) is 0.273. The zero-order valence-corrected chi connectivity index (χ0v) is 16.2.